The van der Waals surface area contributed by atoms with Crippen molar-refractivity contribution in [3.63, 3.8) is 0 Å². The predicted molar refractivity (Wildman–Crippen MR) is 38.6 cm³/mol. The number of hydrogen-bond donors (Lipinski definition) is 0. The van der Waals surface area contributed by atoms with Crippen LogP contribution >= 0.6 is 32.0 Å². The van der Waals surface area contributed by atoms with Crippen molar-refractivity contribution in [1.29, 1.82) is 0 Å². The van der Waals surface area contributed by atoms with Crippen LogP contribution in [0, 0.1) is 0 Å². The van der Waals surface area contributed by atoms with Gasteiger partial charge in [-0.3, -0.25) is 9.59 Å². The van der Waals surface area contributed by atoms with E-state index in [1.807, 2.05) is 0 Å². The number of hydrogen-bond acceptors (Lipinski definition) is 2. The quantitative estimate of drug-likeness (QED) is 0.380. The van der Waals surface area contributed by atoms with Crippen molar-refractivity contribution >= 4 is 43.8 Å². The maximum absolute atomic E-state index is 10.4. The van der Waals surface area contributed by atoms with Gasteiger partial charge in [0.25, 0.3) is 0 Å². The molecule has 0 unspecified atom stereocenters. The Hall–Kier alpha value is 0.529. The van der Waals surface area contributed by atoms with E-state index < -0.39 is 0 Å². The van der Waals surface area contributed by atoms with Gasteiger partial charge in [-0.15, -0.1) is 0 Å². The van der Waals surface area contributed by atoms with E-state index in [1.165, 1.54) is 0 Å². The molecule has 3 nitrogen and oxygen atoms in total. The molecule has 0 N–H and O–H groups in total. The van der Waals surface area contributed by atoms with Crippen molar-refractivity contribution in [2.75, 3.05) is 0 Å². The van der Waals surface area contributed by atoms with Gasteiger partial charge >= 0.3 is 33.3 Å². The van der Waals surface area contributed by atoms with Crippen molar-refractivity contribution in [3.05, 3.63) is 0 Å². The van der Waals surface area contributed by atoms with Crippen LogP contribution in [0.15, 0.2) is 0 Å². The van der Waals surface area contributed by atoms with Gasteiger partial charge in [-0.2, -0.15) is 4.42 Å². The second-order valence-electron chi connectivity index (χ2n) is 1.61. The molecule has 0 atom stereocenters. The first-order valence-corrected chi connectivity index (χ1v) is 5.39. The number of carbonyl (C=O) groups excluding carboxylic acids is 2. The normalized spacial score (nSPS) is 16.8. The zero-order valence-electron chi connectivity index (χ0n) is 5.11. The molecule has 7 heteroatoms. The van der Waals surface area contributed by atoms with E-state index >= 15 is 0 Å². The molecule has 0 aromatic heterocycles. The molecule has 0 bridgehead atoms. The molecule has 0 saturated carbocycles. The second kappa shape index (κ2) is 6.09. The van der Waals surface area contributed by atoms with Gasteiger partial charge in [-0.1, -0.05) is 0 Å². The number of halogens is 3. The average molecular weight is 268 g/mol. The molecule has 1 rings (SSSR count). The number of carbonyl (C=O) groups is 2. The van der Waals surface area contributed by atoms with Gasteiger partial charge in [0, 0.05) is 24.6 Å². The number of nitrogens with zero attached hydrogens (tertiary/aromatic N) is 1. The molecule has 69 valence electrons. The summed E-state index contributed by atoms with van der Waals surface area (Å²) in [5.41, 5.74) is 0. The Kier molecular flexibility index (Phi) is 6.38. The van der Waals surface area contributed by atoms with Crippen LogP contribution in [0.1, 0.15) is 12.8 Å². The van der Waals surface area contributed by atoms with Crippen LogP contribution in [0.5, 0.6) is 0 Å². The van der Waals surface area contributed by atoms with Crippen molar-refractivity contribution < 1.29 is 22.7 Å². The summed E-state index contributed by atoms with van der Waals surface area (Å²) in [6.45, 7) is 0. The summed E-state index contributed by atoms with van der Waals surface area (Å²) in [6, 6.07) is 0. The van der Waals surface area contributed by atoms with E-state index in [0.29, 0.717) is 4.42 Å². The van der Waals surface area contributed by atoms with Crippen LogP contribution in [0.2, 0.25) is 0 Å². The molecule has 11 heavy (non-hydrogen) atoms. The molecule has 1 aliphatic rings. The van der Waals surface area contributed by atoms with Crippen LogP contribution in [-0.2, 0) is 22.7 Å². The van der Waals surface area contributed by atoms with Crippen molar-refractivity contribution in [2.24, 2.45) is 0 Å². The fraction of sp³-hybridized carbons (Fsp3) is 0.500. The second-order valence-corrected chi connectivity index (χ2v) is 3.50. The minimum absolute atomic E-state index is 0.266. The number of rotatable bonds is 0. The molecular formula is C4H4Cl3CuNO2. The van der Waals surface area contributed by atoms with Crippen LogP contribution in [0.4, 0.5) is 0 Å². The summed E-state index contributed by atoms with van der Waals surface area (Å²) >= 11 is 5.90. The Morgan fingerprint density at radius 3 is 1.55 bits per heavy atom. The summed E-state index contributed by atoms with van der Waals surface area (Å²) in [6.07, 6.45) is 0.532. The van der Waals surface area contributed by atoms with Crippen LogP contribution in [-0.4, -0.2) is 16.2 Å². The minimum atomic E-state index is -0.295. The first kappa shape index (κ1) is 11.5. The van der Waals surface area contributed by atoms with Crippen molar-refractivity contribution in [2.45, 2.75) is 12.8 Å². The Labute approximate surface area is 83.7 Å². The van der Waals surface area contributed by atoms with Crippen molar-refractivity contribution in [3.8, 4) is 0 Å². The molecule has 1 heterocycles. The van der Waals surface area contributed by atoms with E-state index in [0.717, 1.165) is 13.1 Å². The number of imide groups is 1. The average Bonchev–Trinajstić information content (AvgIpc) is 2.22. The molecule has 0 aromatic rings. The summed E-state index contributed by atoms with van der Waals surface area (Å²) in [5, 5.41) is 0. The number of amides is 2. The van der Waals surface area contributed by atoms with Gasteiger partial charge in [0.1, 0.15) is 0 Å². The fourth-order valence-electron chi connectivity index (χ4n) is 0.549. The van der Waals surface area contributed by atoms with Gasteiger partial charge in [-0.25, -0.2) is 0 Å². The third kappa shape index (κ3) is 4.18. The Balaban J connectivity index is 0.000000292. The monoisotopic (exact) mass is 266 g/mol. The topological polar surface area (TPSA) is 37.4 Å². The van der Waals surface area contributed by atoms with Crippen LogP contribution in [0.3, 0.4) is 0 Å². The van der Waals surface area contributed by atoms with Gasteiger partial charge in [0.2, 0.25) is 11.8 Å². The Morgan fingerprint density at radius 2 is 1.45 bits per heavy atom. The zero-order chi connectivity index (χ0) is 8.85. The first-order valence-electron chi connectivity index (χ1n) is 2.46. The molecule has 2 amide bonds. The third-order valence-corrected chi connectivity index (χ3v) is 1.37. The third-order valence-electron chi connectivity index (χ3n) is 0.991. The van der Waals surface area contributed by atoms with E-state index in [-0.39, 0.29) is 24.7 Å². The molecule has 1 saturated heterocycles. The summed E-state index contributed by atoms with van der Waals surface area (Å²) < 4.78 is 0.639. The molecule has 1 aliphatic heterocycles. The van der Waals surface area contributed by atoms with E-state index in [2.05, 4.69) is 20.2 Å². The standard InChI is InChI=1S/C4H4ClNO2.2ClH.Cu/c5-6-3(7)1-2-4(6)8;;;/h1-2H2;2*1H;/q;;;+2/p-2. The summed E-state index contributed by atoms with van der Waals surface area (Å²) in [4.78, 5) is 20.7. The summed E-state index contributed by atoms with van der Waals surface area (Å²) in [5.74, 6) is -0.590. The van der Waals surface area contributed by atoms with Crippen molar-refractivity contribution in [1.82, 2.24) is 4.42 Å². The van der Waals surface area contributed by atoms with Gasteiger partial charge < -0.3 is 0 Å². The van der Waals surface area contributed by atoms with Crippen LogP contribution < -0.4 is 0 Å². The molecule has 1 fully saturated rings. The van der Waals surface area contributed by atoms with E-state index in [1.54, 1.807) is 0 Å². The van der Waals surface area contributed by atoms with E-state index in [4.69, 9.17) is 11.8 Å². The summed E-state index contributed by atoms with van der Waals surface area (Å²) in [7, 11) is 9.34. The SMILES string of the molecule is O=C1CCC(=O)N1Cl.[Cl][Cu][Cl]. The first-order chi connectivity index (χ1) is 5.13. The zero-order valence-corrected chi connectivity index (χ0v) is 8.32. The molecule has 0 spiro atoms. The van der Waals surface area contributed by atoms with Gasteiger partial charge in [0.15, 0.2) is 0 Å². The maximum atomic E-state index is 10.4. The molecular weight excluding hydrogens is 264 g/mol. The van der Waals surface area contributed by atoms with Crippen LogP contribution in [0.25, 0.3) is 0 Å². The molecule has 0 aliphatic carbocycles. The van der Waals surface area contributed by atoms with Gasteiger partial charge in [-0.05, 0) is 0 Å². The fourth-order valence-corrected chi connectivity index (χ4v) is 0.718. The van der Waals surface area contributed by atoms with E-state index in [9.17, 15) is 9.59 Å². The molecule has 0 aromatic carbocycles. The predicted octanol–water partition coefficient (Wildman–Crippen LogP) is 1.67. The Morgan fingerprint density at radius 1 is 1.18 bits per heavy atom. The molecule has 0 radical (unpaired) electrons. The Bertz CT molecular complexity index is 149. The van der Waals surface area contributed by atoms with Gasteiger partial charge in [0.05, 0.1) is 0 Å².